The van der Waals surface area contributed by atoms with Crippen molar-refractivity contribution in [1.82, 2.24) is 29.6 Å². The van der Waals surface area contributed by atoms with E-state index in [2.05, 4.69) is 20.3 Å². The van der Waals surface area contributed by atoms with Crippen molar-refractivity contribution in [3.63, 3.8) is 0 Å². The summed E-state index contributed by atoms with van der Waals surface area (Å²) in [5, 5.41) is 7.66. The van der Waals surface area contributed by atoms with Crippen molar-refractivity contribution in [2.75, 3.05) is 17.6 Å². The highest BCUT2D eigenvalue weighted by atomic mass is 19.4. The summed E-state index contributed by atoms with van der Waals surface area (Å²) < 4.78 is 47.5. The van der Waals surface area contributed by atoms with Crippen LogP contribution in [0.3, 0.4) is 0 Å². The van der Waals surface area contributed by atoms with Crippen LogP contribution in [-0.4, -0.2) is 59.8 Å². The van der Waals surface area contributed by atoms with Crippen LogP contribution in [0, 0.1) is 5.92 Å². The van der Waals surface area contributed by atoms with Crippen molar-refractivity contribution in [1.29, 1.82) is 0 Å². The minimum absolute atomic E-state index is 0.122. The maximum Gasteiger partial charge on any atom is 0.419 e. The molecule has 4 heterocycles. The Hall–Kier alpha value is -4.75. The van der Waals surface area contributed by atoms with E-state index in [1.165, 1.54) is 24.7 Å². The average Bonchev–Trinajstić information content (AvgIpc) is 3.65. The molecule has 0 spiro atoms. The van der Waals surface area contributed by atoms with E-state index >= 15 is 0 Å². The Morgan fingerprint density at radius 3 is 2.42 bits per heavy atom. The standard InChI is InChI=1S/C29H29F3N8O3/c1-28(2,3)43-27(42)39-13-15-11-19(39)20(12-15)40-25-21(23(33)35-14-36-25)22(38-40)16-6-8-17(9-7-16)26(41)37-24-18(29(30,31)32)5-4-10-34-24/h4-10,14-15,19-20H,11-13H2,1-3H3,(H2,33,35,36)(H,34,37,41)/t15-,19+,20+/m1/s1. The minimum atomic E-state index is -4.68. The largest absolute Gasteiger partial charge is 0.444 e. The molecule has 224 valence electrons. The number of likely N-dealkylation sites (tertiary alicyclic amines) is 1. The Labute approximate surface area is 244 Å². The van der Waals surface area contributed by atoms with Crippen molar-refractivity contribution in [2.24, 2.45) is 5.92 Å². The van der Waals surface area contributed by atoms with Crippen molar-refractivity contribution < 1.29 is 27.5 Å². The Kier molecular flexibility index (Phi) is 6.74. The van der Waals surface area contributed by atoms with E-state index in [4.69, 9.17) is 15.6 Å². The van der Waals surface area contributed by atoms with Crippen LogP contribution >= 0.6 is 0 Å². The first-order chi connectivity index (χ1) is 20.3. The molecule has 43 heavy (non-hydrogen) atoms. The first kappa shape index (κ1) is 28.4. The van der Waals surface area contributed by atoms with Gasteiger partial charge in [0.25, 0.3) is 5.91 Å². The van der Waals surface area contributed by atoms with Gasteiger partial charge in [-0.2, -0.15) is 18.3 Å². The lowest BCUT2D eigenvalue weighted by molar-refractivity contribution is -0.137. The molecule has 3 N–H and O–H groups in total. The molecule has 6 rings (SSSR count). The van der Waals surface area contributed by atoms with E-state index in [0.717, 1.165) is 25.0 Å². The molecule has 0 radical (unpaired) electrons. The Bertz CT molecular complexity index is 1710. The molecule has 2 amide bonds. The predicted molar refractivity (Wildman–Crippen MR) is 151 cm³/mol. The molecule has 1 aromatic carbocycles. The van der Waals surface area contributed by atoms with Crippen LogP contribution in [0.1, 0.15) is 55.6 Å². The Morgan fingerprint density at radius 1 is 1.02 bits per heavy atom. The summed E-state index contributed by atoms with van der Waals surface area (Å²) >= 11 is 0. The summed E-state index contributed by atoms with van der Waals surface area (Å²) in [6, 6.07) is 7.92. The van der Waals surface area contributed by atoms with Crippen LogP contribution in [0.15, 0.2) is 48.9 Å². The molecule has 1 saturated heterocycles. The number of alkyl halides is 3. The van der Waals surface area contributed by atoms with Crippen LogP contribution in [0.2, 0.25) is 0 Å². The van der Waals surface area contributed by atoms with Crippen LogP contribution in [0.25, 0.3) is 22.3 Å². The number of carbonyl (C=O) groups is 2. The predicted octanol–water partition coefficient (Wildman–Crippen LogP) is 5.31. The first-order valence-corrected chi connectivity index (χ1v) is 13.7. The van der Waals surface area contributed by atoms with Gasteiger partial charge in [0.15, 0.2) is 5.65 Å². The zero-order valence-corrected chi connectivity index (χ0v) is 23.6. The maximum atomic E-state index is 13.3. The molecule has 1 saturated carbocycles. The number of rotatable bonds is 4. The number of amides is 2. The fourth-order valence-corrected chi connectivity index (χ4v) is 5.91. The molecule has 1 aliphatic carbocycles. The summed E-state index contributed by atoms with van der Waals surface area (Å²) in [6.45, 7) is 6.11. The number of pyridine rings is 1. The third-order valence-corrected chi connectivity index (χ3v) is 7.67. The van der Waals surface area contributed by atoms with Gasteiger partial charge in [-0.3, -0.25) is 4.79 Å². The summed E-state index contributed by atoms with van der Waals surface area (Å²) in [7, 11) is 0. The lowest BCUT2D eigenvalue weighted by Gasteiger charge is -2.34. The monoisotopic (exact) mass is 594 g/mol. The second-order valence-corrected chi connectivity index (χ2v) is 11.8. The molecule has 1 aliphatic heterocycles. The van der Waals surface area contributed by atoms with Gasteiger partial charge in [-0.15, -0.1) is 0 Å². The molecule has 3 aromatic heterocycles. The zero-order valence-electron chi connectivity index (χ0n) is 23.6. The highest BCUT2D eigenvalue weighted by molar-refractivity contribution is 6.05. The number of hydrogen-bond acceptors (Lipinski definition) is 8. The van der Waals surface area contributed by atoms with Crippen molar-refractivity contribution >= 4 is 34.7 Å². The number of ether oxygens (including phenoxy) is 1. The third kappa shape index (κ3) is 5.32. The number of aromatic nitrogens is 5. The fraction of sp³-hybridized carbons (Fsp3) is 0.379. The normalized spacial score (nSPS) is 20.0. The zero-order chi connectivity index (χ0) is 30.7. The fourth-order valence-electron chi connectivity index (χ4n) is 5.91. The van der Waals surface area contributed by atoms with Crippen molar-refractivity contribution in [2.45, 2.75) is 57.5 Å². The van der Waals surface area contributed by atoms with Gasteiger partial charge in [-0.1, -0.05) is 12.1 Å². The van der Waals surface area contributed by atoms with Gasteiger partial charge >= 0.3 is 12.3 Å². The van der Waals surface area contributed by atoms with Gasteiger partial charge in [0.05, 0.1) is 23.0 Å². The van der Waals surface area contributed by atoms with E-state index in [-0.39, 0.29) is 29.6 Å². The highest BCUT2D eigenvalue weighted by Crippen LogP contribution is 2.46. The summed E-state index contributed by atoms with van der Waals surface area (Å²) in [5.41, 5.74) is 6.34. The van der Waals surface area contributed by atoms with Crippen molar-refractivity contribution in [3.05, 3.63) is 60.0 Å². The number of piperidine rings is 1. The molecule has 3 atom stereocenters. The van der Waals surface area contributed by atoms with E-state index < -0.39 is 29.1 Å². The molecule has 4 aromatic rings. The Balaban J connectivity index is 1.30. The van der Waals surface area contributed by atoms with E-state index in [9.17, 15) is 22.8 Å². The summed E-state index contributed by atoms with van der Waals surface area (Å²) in [6.07, 6.45) is -0.888. The lowest BCUT2D eigenvalue weighted by Crippen LogP contribution is -2.45. The Morgan fingerprint density at radius 2 is 1.74 bits per heavy atom. The highest BCUT2D eigenvalue weighted by Gasteiger charge is 2.50. The molecular formula is C29H29F3N8O3. The van der Waals surface area contributed by atoms with Crippen LogP contribution in [-0.2, 0) is 10.9 Å². The van der Waals surface area contributed by atoms with E-state index in [1.54, 1.807) is 21.7 Å². The smallest absolute Gasteiger partial charge is 0.419 e. The molecular weight excluding hydrogens is 565 g/mol. The van der Waals surface area contributed by atoms with Crippen LogP contribution < -0.4 is 11.1 Å². The SMILES string of the molecule is CC(C)(C)OC(=O)N1C[C@@H]2C[C@H]1[C@@H](n1nc(-c3ccc(C(=O)Nc4ncccc4C(F)(F)F)cc3)c3c(N)ncnc31)C2. The molecule has 2 aliphatic rings. The molecule has 2 fully saturated rings. The van der Waals surface area contributed by atoms with Gasteiger partial charge in [-0.25, -0.2) is 24.4 Å². The number of benzene rings is 1. The number of hydrogen-bond donors (Lipinski definition) is 2. The minimum Gasteiger partial charge on any atom is -0.444 e. The van der Waals surface area contributed by atoms with Gasteiger partial charge in [0.2, 0.25) is 0 Å². The number of nitrogens with two attached hydrogens (primary N) is 1. The van der Waals surface area contributed by atoms with Crippen LogP contribution in [0.4, 0.5) is 29.6 Å². The van der Waals surface area contributed by atoms with Crippen molar-refractivity contribution in [3.8, 4) is 11.3 Å². The number of nitrogen functional groups attached to an aromatic ring is 1. The number of fused-ring (bicyclic) bond motifs is 3. The molecule has 2 bridgehead atoms. The second-order valence-electron chi connectivity index (χ2n) is 11.8. The van der Waals surface area contributed by atoms with Gasteiger partial charge < -0.3 is 20.7 Å². The van der Waals surface area contributed by atoms with Gasteiger partial charge in [0.1, 0.15) is 29.3 Å². The summed E-state index contributed by atoms with van der Waals surface area (Å²) in [4.78, 5) is 39.9. The average molecular weight is 595 g/mol. The number of anilines is 2. The quantitative estimate of drug-likeness (QED) is 0.324. The third-order valence-electron chi connectivity index (χ3n) is 7.67. The second kappa shape index (κ2) is 10.2. The number of halogens is 3. The van der Waals surface area contributed by atoms with E-state index in [0.29, 0.717) is 34.8 Å². The molecule has 0 unspecified atom stereocenters. The topological polar surface area (TPSA) is 141 Å². The van der Waals surface area contributed by atoms with E-state index in [1.807, 2.05) is 20.8 Å². The number of nitrogens with one attached hydrogen (secondary N) is 1. The number of nitrogens with zero attached hydrogens (tertiary/aromatic N) is 6. The lowest BCUT2D eigenvalue weighted by atomic mass is 10.1. The van der Waals surface area contributed by atoms with Crippen LogP contribution in [0.5, 0.6) is 0 Å². The molecule has 14 heteroatoms. The maximum absolute atomic E-state index is 13.3. The van der Waals surface area contributed by atoms with Gasteiger partial charge in [0, 0.05) is 23.9 Å². The summed E-state index contributed by atoms with van der Waals surface area (Å²) in [5.74, 6) is -0.822. The number of carbonyl (C=O) groups excluding carboxylic acids is 2. The first-order valence-electron chi connectivity index (χ1n) is 13.7. The van der Waals surface area contributed by atoms with Gasteiger partial charge in [-0.05, 0) is 63.8 Å². The molecule has 11 nitrogen and oxygen atoms in total.